The molecule has 31 heavy (non-hydrogen) atoms. The molecule has 0 saturated carbocycles. The number of carbonyl (C=O) groups is 1. The van der Waals surface area contributed by atoms with E-state index in [1.807, 2.05) is 35.1 Å². The average molecular weight is 453 g/mol. The summed E-state index contributed by atoms with van der Waals surface area (Å²) in [6, 6.07) is 16.0. The van der Waals surface area contributed by atoms with Crippen molar-refractivity contribution < 1.29 is 9.53 Å². The summed E-state index contributed by atoms with van der Waals surface area (Å²) in [4.78, 5) is 20.9. The maximum Gasteiger partial charge on any atom is 0.229 e. The molecule has 4 rings (SSSR count). The number of aromatic nitrogens is 3. The van der Waals surface area contributed by atoms with E-state index in [-0.39, 0.29) is 5.91 Å². The van der Waals surface area contributed by atoms with Crippen LogP contribution < -0.4 is 9.64 Å². The topological polar surface area (TPSA) is 60.2 Å². The quantitative estimate of drug-likeness (QED) is 0.334. The highest BCUT2D eigenvalue weighted by atomic mass is 32.2. The molecule has 160 valence electrons. The molecule has 6 nitrogen and oxygen atoms in total. The van der Waals surface area contributed by atoms with Crippen molar-refractivity contribution in [3.63, 3.8) is 0 Å². The van der Waals surface area contributed by atoms with Gasteiger partial charge in [-0.25, -0.2) is 4.98 Å². The first-order valence-corrected chi connectivity index (χ1v) is 11.8. The van der Waals surface area contributed by atoms with Crippen LogP contribution in [0.15, 0.2) is 65.8 Å². The number of carbonyl (C=O) groups excluding carboxylic acids is 1. The first-order valence-electron chi connectivity index (χ1n) is 10.0. The number of amides is 1. The van der Waals surface area contributed by atoms with Gasteiger partial charge in [-0.3, -0.25) is 14.4 Å². The molecule has 0 atom stereocenters. The van der Waals surface area contributed by atoms with Crippen LogP contribution in [0.25, 0.3) is 10.2 Å². The second kappa shape index (κ2) is 9.98. The number of nitrogens with zero attached hydrogens (tertiary/aromatic N) is 4. The first kappa shape index (κ1) is 21.4. The number of ether oxygens (including phenoxy) is 1. The summed E-state index contributed by atoms with van der Waals surface area (Å²) in [5, 5.41) is 4.97. The first-order chi connectivity index (χ1) is 15.1. The summed E-state index contributed by atoms with van der Waals surface area (Å²) < 4.78 is 8.15. The fraction of sp³-hybridized carbons (Fsp3) is 0.261. The summed E-state index contributed by atoms with van der Waals surface area (Å²) >= 11 is 3.21. The molecule has 0 N–H and O–H groups in total. The van der Waals surface area contributed by atoms with Crippen LogP contribution in [0.1, 0.15) is 12.0 Å². The Morgan fingerprint density at radius 1 is 1.23 bits per heavy atom. The Labute approximate surface area is 189 Å². The molecule has 0 spiro atoms. The lowest BCUT2D eigenvalue weighted by Crippen LogP contribution is -2.34. The molecule has 8 heteroatoms. The van der Waals surface area contributed by atoms with Crippen LogP contribution >= 0.6 is 23.1 Å². The molecular formula is C23H24N4O2S2. The lowest BCUT2D eigenvalue weighted by molar-refractivity contribution is -0.118. The molecule has 0 fully saturated rings. The Hall–Kier alpha value is -2.84. The molecule has 4 aromatic rings. The Morgan fingerprint density at radius 2 is 2.06 bits per heavy atom. The fourth-order valence-electron chi connectivity index (χ4n) is 3.12. The number of fused-ring (bicyclic) bond motifs is 1. The number of thiazole rings is 1. The lowest BCUT2D eigenvalue weighted by atomic mass is 10.2. The van der Waals surface area contributed by atoms with Crippen LogP contribution in [-0.4, -0.2) is 40.1 Å². The minimum Gasteiger partial charge on any atom is -0.497 e. The van der Waals surface area contributed by atoms with Crippen LogP contribution in [-0.2, 0) is 11.3 Å². The summed E-state index contributed by atoms with van der Waals surface area (Å²) in [6.45, 7) is 3.21. The van der Waals surface area contributed by atoms with E-state index >= 15 is 0 Å². The monoisotopic (exact) mass is 452 g/mol. The maximum atomic E-state index is 13.2. The van der Waals surface area contributed by atoms with Gasteiger partial charge in [0.1, 0.15) is 5.75 Å². The van der Waals surface area contributed by atoms with E-state index in [0.717, 1.165) is 21.7 Å². The Kier molecular flexibility index (Phi) is 6.89. The minimum absolute atomic E-state index is 0.0674. The largest absolute Gasteiger partial charge is 0.497 e. The van der Waals surface area contributed by atoms with Crippen molar-refractivity contribution in [3.8, 4) is 5.75 Å². The van der Waals surface area contributed by atoms with Crippen molar-refractivity contribution >= 4 is 44.4 Å². The van der Waals surface area contributed by atoms with Gasteiger partial charge in [0.25, 0.3) is 0 Å². The summed E-state index contributed by atoms with van der Waals surface area (Å²) in [5.74, 6) is 1.57. The number of benzene rings is 2. The van der Waals surface area contributed by atoms with E-state index in [0.29, 0.717) is 24.6 Å². The molecule has 0 radical (unpaired) electrons. The minimum atomic E-state index is 0.0674. The van der Waals surface area contributed by atoms with Gasteiger partial charge in [0, 0.05) is 36.0 Å². The van der Waals surface area contributed by atoms with E-state index in [9.17, 15) is 4.79 Å². The van der Waals surface area contributed by atoms with Crippen LogP contribution in [0, 0.1) is 6.92 Å². The molecule has 0 unspecified atom stereocenters. The standard InChI is InChI=1S/C23H24N4O2S2/c1-17-4-7-19(8-5-17)30-15-10-22(28)27(14-13-26-12-3-11-24-26)23-25-20-9-6-18(29-2)16-21(20)31-23/h3-9,11-12,16H,10,13-15H2,1-2H3. The van der Waals surface area contributed by atoms with Crippen molar-refractivity contribution in [2.45, 2.75) is 24.8 Å². The molecule has 2 heterocycles. The summed E-state index contributed by atoms with van der Waals surface area (Å²) in [5.41, 5.74) is 2.10. The van der Waals surface area contributed by atoms with E-state index in [1.165, 1.54) is 21.8 Å². The van der Waals surface area contributed by atoms with Gasteiger partial charge in [-0.05, 0) is 43.3 Å². The molecule has 0 aliphatic rings. The predicted octanol–water partition coefficient (Wildman–Crippen LogP) is 5.03. The van der Waals surface area contributed by atoms with Gasteiger partial charge < -0.3 is 4.74 Å². The highest BCUT2D eigenvalue weighted by Gasteiger charge is 2.20. The van der Waals surface area contributed by atoms with Crippen LogP contribution in [0.3, 0.4) is 0 Å². The third kappa shape index (κ3) is 5.45. The maximum absolute atomic E-state index is 13.2. The van der Waals surface area contributed by atoms with Crippen molar-refractivity contribution in [1.29, 1.82) is 0 Å². The van der Waals surface area contributed by atoms with E-state index in [2.05, 4.69) is 36.3 Å². The van der Waals surface area contributed by atoms with E-state index in [4.69, 9.17) is 9.72 Å². The molecule has 0 saturated heterocycles. The summed E-state index contributed by atoms with van der Waals surface area (Å²) in [6.07, 6.45) is 4.09. The van der Waals surface area contributed by atoms with Gasteiger partial charge in [-0.2, -0.15) is 5.10 Å². The van der Waals surface area contributed by atoms with E-state index < -0.39 is 0 Å². The van der Waals surface area contributed by atoms with Gasteiger partial charge in [0.15, 0.2) is 5.13 Å². The van der Waals surface area contributed by atoms with Gasteiger partial charge in [0.05, 0.1) is 23.9 Å². The molecule has 0 bridgehead atoms. The molecule has 2 aromatic carbocycles. The zero-order valence-electron chi connectivity index (χ0n) is 17.5. The second-order valence-corrected chi connectivity index (χ2v) is 9.23. The van der Waals surface area contributed by atoms with E-state index in [1.54, 1.807) is 30.0 Å². The number of thioether (sulfide) groups is 1. The van der Waals surface area contributed by atoms with Gasteiger partial charge >= 0.3 is 0 Å². The van der Waals surface area contributed by atoms with Crippen LogP contribution in [0.4, 0.5) is 5.13 Å². The number of hydrogen-bond acceptors (Lipinski definition) is 6. The lowest BCUT2D eigenvalue weighted by Gasteiger charge is -2.20. The number of anilines is 1. The summed E-state index contributed by atoms with van der Waals surface area (Å²) in [7, 11) is 1.65. The second-order valence-electron chi connectivity index (χ2n) is 7.06. The zero-order chi connectivity index (χ0) is 21.6. The van der Waals surface area contributed by atoms with Gasteiger partial charge in [-0.15, -0.1) is 11.8 Å². The number of hydrogen-bond donors (Lipinski definition) is 0. The smallest absolute Gasteiger partial charge is 0.229 e. The normalized spacial score (nSPS) is 11.0. The zero-order valence-corrected chi connectivity index (χ0v) is 19.2. The predicted molar refractivity (Wildman–Crippen MR) is 127 cm³/mol. The highest BCUT2D eigenvalue weighted by molar-refractivity contribution is 7.99. The Morgan fingerprint density at radius 3 is 2.81 bits per heavy atom. The van der Waals surface area contributed by atoms with Crippen LogP contribution in [0.5, 0.6) is 5.75 Å². The molecular weight excluding hydrogens is 428 g/mol. The SMILES string of the molecule is COc1ccc2nc(N(CCn3cccn3)C(=O)CCSc3ccc(C)cc3)sc2c1. The molecule has 0 aliphatic carbocycles. The third-order valence-corrected chi connectivity index (χ3v) is 6.89. The molecule has 1 amide bonds. The molecule has 0 aliphatic heterocycles. The van der Waals surface area contributed by atoms with Crippen LogP contribution in [0.2, 0.25) is 0 Å². The molecule has 2 aromatic heterocycles. The Bertz CT molecular complexity index is 1140. The van der Waals surface area contributed by atoms with Gasteiger partial charge in [-0.1, -0.05) is 29.0 Å². The van der Waals surface area contributed by atoms with Crippen molar-refractivity contribution in [1.82, 2.24) is 14.8 Å². The van der Waals surface area contributed by atoms with Crippen molar-refractivity contribution in [2.24, 2.45) is 0 Å². The Balaban J connectivity index is 1.48. The third-order valence-electron chi connectivity index (χ3n) is 4.83. The highest BCUT2D eigenvalue weighted by Crippen LogP contribution is 2.32. The fourth-order valence-corrected chi connectivity index (χ4v) is 5.00. The van der Waals surface area contributed by atoms with Crippen molar-refractivity contribution in [2.75, 3.05) is 24.3 Å². The number of rotatable bonds is 9. The number of aryl methyl sites for hydroxylation is 1. The number of methoxy groups -OCH3 is 1. The van der Waals surface area contributed by atoms with Gasteiger partial charge in [0.2, 0.25) is 5.91 Å². The average Bonchev–Trinajstić information content (AvgIpc) is 3.44. The van der Waals surface area contributed by atoms with Crippen molar-refractivity contribution in [3.05, 3.63) is 66.5 Å².